The third-order valence-corrected chi connectivity index (χ3v) is 2.50. The van der Waals surface area contributed by atoms with Crippen LogP contribution >= 0.6 is 0 Å². The molecule has 0 aliphatic carbocycles. The number of aliphatic carboxylic acids is 1. The van der Waals surface area contributed by atoms with Crippen molar-refractivity contribution < 1.29 is 9.90 Å². The number of hydrogen-bond donors (Lipinski definition) is 1. The molecule has 1 unspecified atom stereocenters. The van der Waals surface area contributed by atoms with Gasteiger partial charge in [0.05, 0.1) is 5.41 Å². The monoisotopic (exact) mass is 144 g/mol. The third-order valence-electron chi connectivity index (χ3n) is 2.50. The standard InChI is InChI=1S/C8H16O2/c1-5-8(4,6(2)3)7(9)10/h6H,5H2,1-4H3,(H,9,10). The van der Waals surface area contributed by atoms with Gasteiger partial charge in [-0.05, 0) is 19.3 Å². The van der Waals surface area contributed by atoms with Crippen molar-refractivity contribution >= 4 is 5.97 Å². The molecular weight excluding hydrogens is 128 g/mol. The fraction of sp³-hybridized carbons (Fsp3) is 0.875. The summed E-state index contributed by atoms with van der Waals surface area (Å²) in [7, 11) is 0. The minimum atomic E-state index is -0.690. The van der Waals surface area contributed by atoms with E-state index in [2.05, 4.69) is 0 Å². The van der Waals surface area contributed by atoms with E-state index in [9.17, 15) is 4.79 Å². The lowest BCUT2D eigenvalue weighted by Crippen LogP contribution is -2.32. The zero-order valence-corrected chi connectivity index (χ0v) is 7.14. The van der Waals surface area contributed by atoms with E-state index in [0.717, 1.165) is 0 Å². The van der Waals surface area contributed by atoms with Gasteiger partial charge < -0.3 is 5.11 Å². The molecule has 0 heterocycles. The molecule has 0 spiro atoms. The maximum absolute atomic E-state index is 10.7. The molecule has 0 aliphatic heterocycles. The van der Waals surface area contributed by atoms with Crippen LogP contribution in [0.3, 0.4) is 0 Å². The second-order valence-corrected chi connectivity index (χ2v) is 3.23. The van der Waals surface area contributed by atoms with Gasteiger partial charge in [0, 0.05) is 0 Å². The molecule has 60 valence electrons. The summed E-state index contributed by atoms with van der Waals surface area (Å²) in [6, 6.07) is 0. The molecular formula is C8H16O2. The Morgan fingerprint density at radius 3 is 2.00 bits per heavy atom. The number of carboxylic acid groups (broad SMARTS) is 1. The first-order valence-corrected chi connectivity index (χ1v) is 3.68. The Morgan fingerprint density at radius 2 is 2.00 bits per heavy atom. The number of rotatable bonds is 3. The largest absolute Gasteiger partial charge is 0.481 e. The highest BCUT2D eigenvalue weighted by Crippen LogP contribution is 2.30. The quantitative estimate of drug-likeness (QED) is 0.659. The Balaban J connectivity index is 4.38. The van der Waals surface area contributed by atoms with Gasteiger partial charge in [-0.2, -0.15) is 0 Å². The molecule has 2 nitrogen and oxygen atoms in total. The molecule has 10 heavy (non-hydrogen) atoms. The Morgan fingerprint density at radius 1 is 1.60 bits per heavy atom. The van der Waals surface area contributed by atoms with Gasteiger partial charge in [0.1, 0.15) is 0 Å². The maximum Gasteiger partial charge on any atom is 0.309 e. The molecule has 0 saturated carbocycles. The van der Waals surface area contributed by atoms with Crippen LogP contribution in [0.5, 0.6) is 0 Å². The zero-order valence-electron chi connectivity index (χ0n) is 7.14. The third kappa shape index (κ3) is 1.49. The van der Waals surface area contributed by atoms with Crippen molar-refractivity contribution in [2.24, 2.45) is 11.3 Å². The molecule has 0 aliphatic rings. The highest BCUT2D eigenvalue weighted by atomic mass is 16.4. The molecule has 0 aromatic heterocycles. The first-order valence-electron chi connectivity index (χ1n) is 3.68. The topological polar surface area (TPSA) is 37.3 Å². The van der Waals surface area contributed by atoms with Crippen molar-refractivity contribution in [1.29, 1.82) is 0 Å². The minimum absolute atomic E-state index is 0.204. The van der Waals surface area contributed by atoms with Crippen LogP contribution < -0.4 is 0 Å². The predicted molar refractivity (Wildman–Crippen MR) is 40.9 cm³/mol. The van der Waals surface area contributed by atoms with E-state index in [1.54, 1.807) is 6.92 Å². The lowest BCUT2D eigenvalue weighted by Gasteiger charge is -2.27. The van der Waals surface area contributed by atoms with E-state index in [1.807, 2.05) is 20.8 Å². The van der Waals surface area contributed by atoms with Crippen molar-refractivity contribution in [2.75, 3.05) is 0 Å². The lowest BCUT2D eigenvalue weighted by molar-refractivity contribution is -0.150. The first kappa shape index (κ1) is 9.47. The SMILES string of the molecule is CCC(C)(C(=O)O)C(C)C. The fourth-order valence-corrected chi connectivity index (χ4v) is 0.806. The first-order chi connectivity index (χ1) is 4.45. The van der Waals surface area contributed by atoms with E-state index in [1.165, 1.54) is 0 Å². The number of carboxylic acids is 1. The number of carbonyl (C=O) groups is 1. The van der Waals surface area contributed by atoms with Gasteiger partial charge in [-0.3, -0.25) is 4.79 Å². The van der Waals surface area contributed by atoms with Crippen molar-refractivity contribution in [3.05, 3.63) is 0 Å². The summed E-state index contributed by atoms with van der Waals surface area (Å²) in [5.41, 5.74) is -0.542. The van der Waals surface area contributed by atoms with Crippen LogP contribution in [0.25, 0.3) is 0 Å². The van der Waals surface area contributed by atoms with Gasteiger partial charge in [0.25, 0.3) is 0 Å². The van der Waals surface area contributed by atoms with Crippen molar-refractivity contribution in [2.45, 2.75) is 34.1 Å². The summed E-state index contributed by atoms with van der Waals surface area (Å²) < 4.78 is 0. The van der Waals surface area contributed by atoms with E-state index in [4.69, 9.17) is 5.11 Å². The van der Waals surface area contributed by atoms with Crippen molar-refractivity contribution in [3.8, 4) is 0 Å². The van der Waals surface area contributed by atoms with Crippen molar-refractivity contribution in [1.82, 2.24) is 0 Å². The van der Waals surface area contributed by atoms with E-state index < -0.39 is 11.4 Å². The highest BCUT2D eigenvalue weighted by Gasteiger charge is 2.34. The van der Waals surface area contributed by atoms with Gasteiger partial charge in [-0.1, -0.05) is 20.8 Å². The van der Waals surface area contributed by atoms with Gasteiger partial charge in [0.15, 0.2) is 0 Å². The molecule has 0 fully saturated rings. The van der Waals surface area contributed by atoms with E-state index in [-0.39, 0.29) is 5.92 Å². The summed E-state index contributed by atoms with van der Waals surface area (Å²) in [4.78, 5) is 10.7. The summed E-state index contributed by atoms with van der Waals surface area (Å²) in [5, 5.41) is 8.80. The second-order valence-electron chi connectivity index (χ2n) is 3.23. The summed E-state index contributed by atoms with van der Waals surface area (Å²) >= 11 is 0. The molecule has 0 aromatic rings. The molecule has 1 atom stereocenters. The maximum atomic E-state index is 10.7. The van der Waals surface area contributed by atoms with E-state index >= 15 is 0 Å². The fourth-order valence-electron chi connectivity index (χ4n) is 0.806. The highest BCUT2D eigenvalue weighted by molar-refractivity contribution is 5.74. The average Bonchev–Trinajstić information content (AvgIpc) is 1.85. The lowest BCUT2D eigenvalue weighted by atomic mass is 9.77. The summed E-state index contributed by atoms with van der Waals surface area (Å²) in [6.45, 7) is 7.59. The Kier molecular flexibility index (Phi) is 2.88. The normalized spacial score (nSPS) is 16.9. The summed E-state index contributed by atoms with van der Waals surface area (Å²) in [5.74, 6) is -0.486. The van der Waals surface area contributed by atoms with E-state index in [0.29, 0.717) is 6.42 Å². The number of hydrogen-bond acceptors (Lipinski definition) is 1. The van der Waals surface area contributed by atoms with Gasteiger partial charge in [-0.15, -0.1) is 0 Å². The van der Waals surface area contributed by atoms with Crippen LogP contribution in [-0.2, 0) is 4.79 Å². The molecule has 0 rings (SSSR count). The van der Waals surface area contributed by atoms with Gasteiger partial charge >= 0.3 is 5.97 Å². The van der Waals surface area contributed by atoms with Crippen LogP contribution in [0.2, 0.25) is 0 Å². The Labute approximate surface area is 62.2 Å². The van der Waals surface area contributed by atoms with Crippen molar-refractivity contribution in [3.63, 3.8) is 0 Å². The van der Waals surface area contributed by atoms with Crippen LogP contribution in [0.1, 0.15) is 34.1 Å². The van der Waals surface area contributed by atoms with Crippen LogP contribution in [-0.4, -0.2) is 11.1 Å². The molecule has 0 radical (unpaired) electrons. The van der Waals surface area contributed by atoms with Gasteiger partial charge in [0.2, 0.25) is 0 Å². The average molecular weight is 144 g/mol. The molecule has 2 heteroatoms. The minimum Gasteiger partial charge on any atom is -0.481 e. The smallest absolute Gasteiger partial charge is 0.309 e. The zero-order chi connectivity index (χ0) is 8.36. The van der Waals surface area contributed by atoms with Crippen LogP contribution in [0, 0.1) is 11.3 Å². The van der Waals surface area contributed by atoms with Crippen LogP contribution in [0.15, 0.2) is 0 Å². The molecule has 0 aromatic carbocycles. The van der Waals surface area contributed by atoms with Crippen LogP contribution in [0.4, 0.5) is 0 Å². The molecule has 1 N–H and O–H groups in total. The molecule has 0 amide bonds. The predicted octanol–water partition coefficient (Wildman–Crippen LogP) is 2.14. The Hall–Kier alpha value is -0.530. The molecule has 0 bridgehead atoms. The van der Waals surface area contributed by atoms with Gasteiger partial charge in [-0.25, -0.2) is 0 Å². The second kappa shape index (κ2) is 3.04. The molecule has 0 saturated heterocycles. The Bertz CT molecular complexity index is 129. The summed E-state index contributed by atoms with van der Waals surface area (Å²) in [6.07, 6.45) is 0.694.